The quantitative estimate of drug-likeness (QED) is 0.591. The molecule has 1 aliphatic rings. The van der Waals surface area contributed by atoms with Gasteiger partial charge in [-0.3, -0.25) is 9.80 Å². The van der Waals surface area contributed by atoms with Gasteiger partial charge >= 0.3 is 6.09 Å². The van der Waals surface area contributed by atoms with Gasteiger partial charge in [-0.15, -0.1) is 0 Å². The zero-order chi connectivity index (χ0) is 20.7. The lowest BCUT2D eigenvalue weighted by atomic mass is 9.94. The largest absolute Gasteiger partial charge is 0.443 e. The minimum atomic E-state index is -0.523. The molecule has 5 heteroatoms. The third kappa shape index (κ3) is 6.47. The molecule has 5 nitrogen and oxygen atoms in total. The van der Waals surface area contributed by atoms with Gasteiger partial charge in [-0.1, -0.05) is 39.7 Å². The molecule has 158 valence electrons. The number of hydrogen-bond donors (Lipinski definition) is 0. The minimum absolute atomic E-state index is 0.299. The highest BCUT2D eigenvalue weighted by Crippen LogP contribution is 2.36. The molecule has 0 N–H and O–H groups in total. The fourth-order valence-corrected chi connectivity index (χ4v) is 3.84. The molecule has 0 saturated carbocycles. The Kier molecular flexibility index (Phi) is 8.29. The molecule has 1 unspecified atom stereocenters. The molecular weight excluding hydrogens is 350 g/mol. The maximum atomic E-state index is 13.0. The van der Waals surface area contributed by atoms with Gasteiger partial charge in [0, 0.05) is 30.9 Å². The molecule has 1 fully saturated rings. The highest BCUT2D eigenvalue weighted by Gasteiger charge is 2.31. The van der Waals surface area contributed by atoms with Crippen LogP contribution in [0.25, 0.3) is 0 Å². The van der Waals surface area contributed by atoms with Crippen molar-refractivity contribution >= 4 is 11.9 Å². The summed E-state index contributed by atoms with van der Waals surface area (Å²) in [4.78, 5) is 22.0. The van der Waals surface area contributed by atoms with Crippen molar-refractivity contribution in [2.45, 2.75) is 85.3 Å². The SMILES string of the molecule is CCCCN(C(=O)OC(C)(C)C)c1ncccc1C1CCCCN1CC(C)C. The van der Waals surface area contributed by atoms with E-state index >= 15 is 0 Å². The maximum absolute atomic E-state index is 13.0. The van der Waals surface area contributed by atoms with Crippen molar-refractivity contribution in [1.82, 2.24) is 9.88 Å². The molecule has 0 aliphatic carbocycles. The number of aromatic nitrogens is 1. The number of pyridine rings is 1. The van der Waals surface area contributed by atoms with Crippen molar-refractivity contribution in [3.05, 3.63) is 23.9 Å². The second-order valence-corrected chi connectivity index (χ2v) is 9.30. The van der Waals surface area contributed by atoms with Gasteiger partial charge in [0.25, 0.3) is 0 Å². The van der Waals surface area contributed by atoms with Crippen LogP contribution in [0.3, 0.4) is 0 Å². The van der Waals surface area contributed by atoms with Gasteiger partial charge in [-0.2, -0.15) is 0 Å². The average molecular weight is 390 g/mol. The van der Waals surface area contributed by atoms with E-state index in [9.17, 15) is 4.79 Å². The van der Waals surface area contributed by atoms with Crippen molar-refractivity contribution in [3.63, 3.8) is 0 Å². The van der Waals surface area contributed by atoms with Crippen LogP contribution in [0.1, 0.15) is 85.3 Å². The summed E-state index contributed by atoms with van der Waals surface area (Å²) in [6.45, 7) is 15.2. The number of likely N-dealkylation sites (tertiary alicyclic amines) is 1. The van der Waals surface area contributed by atoms with Crippen LogP contribution in [0, 0.1) is 5.92 Å². The number of anilines is 1. The lowest BCUT2D eigenvalue weighted by Crippen LogP contribution is -2.40. The minimum Gasteiger partial charge on any atom is -0.443 e. The number of nitrogens with zero attached hydrogens (tertiary/aromatic N) is 3. The standard InChI is InChI=1S/C23H39N3O2/c1-7-8-16-26(22(27)28-23(4,5)6)21-19(12-11-14-24-21)20-13-9-10-15-25(20)17-18(2)3/h11-12,14,18,20H,7-10,13,15-17H2,1-6H3. The fourth-order valence-electron chi connectivity index (χ4n) is 3.84. The van der Waals surface area contributed by atoms with Crippen LogP contribution in [-0.2, 0) is 4.74 Å². The summed E-state index contributed by atoms with van der Waals surface area (Å²) in [7, 11) is 0. The number of carbonyl (C=O) groups excluding carboxylic acids is 1. The summed E-state index contributed by atoms with van der Waals surface area (Å²) in [6.07, 6.45) is 7.01. The van der Waals surface area contributed by atoms with Crippen LogP contribution in [0.2, 0.25) is 0 Å². The molecule has 1 amide bonds. The van der Waals surface area contributed by atoms with Crippen LogP contribution >= 0.6 is 0 Å². The summed E-state index contributed by atoms with van der Waals surface area (Å²) < 4.78 is 5.72. The number of ether oxygens (including phenoxy) is 1. The van der Waals surface area contributed by atoms with E-state index < -0.39 is 5.60 Å². The van der Waals surface area contributed by atoms with Gasteiger partial charge < -0.3 is 4.74 Å². The molecule has 1 saturated heterocycles. The summed E-state index contributed by atoms with van der Waals surface area (Å²) in [5.41, 5.74) is 0.634. The van der Waals surface area contributed by atoms with Crippen molar-refractivity contribution in [3.8, 4) is 0 Å². The van der Waals surface area contributed by atoms with Crippen LogP contribution in [0.4, 0.5) is 10.6 Å². The fraction of sp³-hybridized carbons (Fsp3) is 0.739. The first-order valence-electron chi connectivity index (χ1n) is 10.9. The van der Waals surface area contributed by atoms with Gasteiger partial charge in [0.2, 0.25) is 0 Å². The van der Waals surface area contributed by atoms with Gasteiger partial charge in [-0.05, 0) is 58.6 Å². The normalized spacial score (nSPS) is 18.3. The summed E-state index contributed by atoms with van der Waals surface area (Å²) in [5, 5.41) is 0. The van der Waals surface area contributed by atoms with E-state index in [0.29, 0.717) is 18.5 Å². The number of rotatable bonds is 7. The van der Waals surface area contributed by atoms with Crippen LogP contribution in [0.5, 0.6) is 0 Å². The Labute approximate surface area is 171 Å². The molecule has 2 rings (SSSR count). The van der Waals surface area contributed by atoms with E-state index in [1.54, 1.807) is 11.1 Å². The third-order valence-corrected chi connectivity index (χ3v) is 4.99. The first-order valence-corrected chi connectivity index (χ1v) is 10.9. The zero-order valence-electron chi connectivity index (χ0n) is 18.7. The van der Waals surface area contributed by atoms with E-state index in [2.05, 4.69) is 36.7 Å². The Morgan fingerprint density at radius 1 is 1.36 bits per heavy atom. The smallest absolute Gasteiger partial charge is 0.416 e. The van der Waals surface area contributed by atoms with E-state index in [4.69, 9.17) is 4.74 Å². The van der Waals surface area contributed by atoms with Crippen LogP contribution in [-0.4, -0.2) is 41.2 Å². The molecule has 0 radical (unpaired) electrons. The Hall–Kier alpha value is -1.62. The predicted octanol–water partition coefficient (Wildman–Crippen LogP) is 5.81. The van der Waals surface area contributed by atoms with Crippen LogP contribution < -0.4 is 4.90 Å². The van der Waals surface area contributed by atoms with Gasteiger partial charge in [0.05, 0.1) is 0 Å². The van der Waals surface area contributed by atoms with Crippen molar-refractivity contribution in [2.75, 3.05) is 24.5 Å². The molecule has 1 atom stereocenters. The first-order chi connectivity index (χ1) is 13.2. The molecule has 2 heterocycles. The zero-order valence-corrected chi connectivity index (χ0v) is 18.7. The van der Waals surface area contributed by atoms with E-state index in [0.717, 1.165) is 43.7 Å². The van der Waals surface area contributed by atoms with Crippen molar-refractivity contribution < 1.29 is 9.53 Å². The lowest BCUT2D eigenvalue weighted by molar-refractivity contribution is 0.0577. The second kappa shape index (κ2) is 10.2. The van der Waals surface area contributed by atoms with E-state index in [-0.39, 0.29) is 6.09 Å². The molecule has 1 aromatic heterocycles. The Morgan fingerprint density at radius 3 is 2.75 bits per heavy atom. The van der Waals surface area contributed by atoms with Gasteiger partial charge in [0.1, 0.15) is 11.4 Å². The molecular formula is C23H39N3O2. The predicted molar refractivity (Wildman–Crippen MR) is 116 cm³/mol. The van der Waals surface area contributed by atoms with Crippen molar-refractivity contribution in [2.24, 2.45) is 5.92 Å². The molecule has 28 heavy (non-hydrogen) atoms. The highest BCUT2D eigenvalue weighted by molar-refractivity contribution is 5.87. The lowest BCUT2D eigenvalue weighted by Gasteiger charge is -2.38. The molecule has 1 aliphatic heterocycles. The maximum Gasteiger partial charge on any atom is 0.416 e. The van der Waals surface area contributed by atoms with Crippen molar-refractivity contribution in [1.29, 1.82) is 0 Å². The van der Waals surface area contributed by atoms with E-state index in [1.165, 1.54) is 12.8 Å². The number of carbonyl (C=O) groups is 1. The van der Waals surface area contributed by atoms with E-state index in [1.807, 2.05) is 26.8 Å². The Bertz CT molecular complexity index is 625. The monoisotopic (exact) mass is 389 g/mol. The topological polar surface area (TPSA) is 45.7 Å². The number of hydrogen-bond acceptors (Lipinski definition) is 4. The Morgan fingerprint density at radius 2 is 2.11 bits per heavy atom. The molecule has 1 aromatic rings. The van der Waals surface area contributed by atoms with Crippen LogP contribution in [0.15, 0.2) is 18.3 Å². The molecule has 0 spiro atoms. The average Bonchev–Trinajstić information content (AvgIpc) is 2.61. The van der Waals surface area contributed by atoms with Gasteiger partial charge in [-0.25, -0.2) is 9.78 Å². The summed E-state index contributed by atoms with van der Waals surface area (Å²) in [5.74, 6) is 1.38. The highest BCUT2D eigenvalue weighted by atomic mass is 16.6. The summed E-state index contributed by atoms with van der Waals surface area (Å²) >= 11 is 0. The third-order valence-electron chi connectivity index (χ3n) is 4.99. The number of piperidine rings is 1. The second-order valence-electron chi connectivity index (χ2n) is 9.30. The Balaban J connectivity index is 2.37. The summed E-state index contributed by atoms with van der Waals surface area (Å²) in [6, 6.07) is 4.45. The van der Waals surface area contributed by atoms with Gasteiger partial charge in [0.15, 0.2) is 0 Å². The first kappa shape index (κ1) is 22.7. The molecule has 0 aromatic carbocycles. The number of amides is 1. The number of unbranched alkanes of at least 4 members (excludes halogenated alkanes) is 1. The molecule has 0 bridgehead atoms.